The van der Waals surface area contributed by atoms with Gasteiger partial charge in [0.25, 0.3) is 0 Å². The maximum Gasteiger partial charge on any atom is 0.387 e. The molecule has 0 atom stereocenters. The minimum absolute atomic E-state index is 0.236. The van der Waals surface area contributed by atoms with Crippen LogP contribution < -0.4 is 4.74 Å². The van der Waals surface area contributed by atoms with Crippen molar-refractivity contribution >= 4 is 6.08 Å². The minimum atomic E-state index is -2.79. The number of hydrogen-bond donors (Lipinski definition) is 0. The Morgan fingerprint density at radius 2 is 1.94 bits per heavy atom. The van der Waals surface area contributed by atoms with Gasteiger partial charge in [0.15, 0.2) is 0 Å². The van der Waals surface area contributed by atoms with Gasteiger partial charge in [-0.2, -0.15) is 8.78 Å². The van der Waals surface area contributed by atoms with Crippen molar-refractivity contribution in [1.29, 1.82) is 0 Å². The second-order valence-corrected chi connectivity index (χ2v) is 4.41. The Bertz CT molecular complexity index is 409. The predicted octanol–water partition coefficient (Wildman–Crippen LogP) is 4.66. The van der Waals surface area contributed by atoms with Gasteiger partial charge in [0.05, 0.1) is 0 Å². The lowest BCUT2D eigenvalue weighted by molar-refractivity contribution is -0.0500. The van der Waals surface area contributed by atoms with Crippen LogP contribution in [0.25, 0.3) is 6.08 Å². The number of alkyl halides is 2. The maximum atomic E-state index is 12.3. The molecule has 0 aliphatic carbocycles. The highest BCUT2D eigenvalue weighted by Crippen LogP contribution is 2.27. The summed E-state index contributed by atoms with van der Waals surface area (Å²) in [6.45, 7) is 5.22. The molecule has 0 saturated heterocycles. The zero-order valence-corrected chi connectivity index (χ0v) is 10.6. The molecule has 0 aliphatic rings. The van der Waals surface area contributed by atoms with Crippen molar-refractivity contribution in [1.82, 2.24) is 0 Å². The third-order valence-electron chi connectivity index (χ3n) is 2.78. The van der Waals surface area contributed by atoms with Crippen LogP contribution in [0.5, 0.6) is 5.75 Å². The van der Waals surface area contributed by atoms with Crippen molar-refractivity contribution in [3.05, 3.63) is 34.9 Å². The van der Waals surface area contributed by atoms with E-state index in [4.69, 9.17) is 0 Å². The highest BCUT2D eigenvalue weighted by Gasteiger charge is 2.10. The van der Waals surface area contributed by atoms with E-state index in [1.54, 1.807) is 12.1 Å². The Hall–Kier alpha value is -1.38. The molecule has 0 radical (unpaired) electrons. The van der Waals surface area contributed by atoms with Gasteiger partial charge in [-0.05, 0) is 31.4 Å². The molecular formula is C14H18F2O. The molecule has 0 aromatic heterocycles. The molecule has 3 heteroatoms. The first kappa shape index (κ1) is 13.7. The summed E-state index contributed by atoms with van der Waals surface area (Å²) in [5.41, 5.74) is 2.81. The first-order chi connectivity index (χ1) is 7.91. The van der Waals surface area contributed by atoms with Gasteiger partial charge in [0.1, 0.15) is 5.75 Å². The van der Waals surface area contributed by atoms with E-state index in [0.29, 0.717) is 5.92 Å². The van der Waals surface area contributed by atoms with E-state index in [1.807, 2.05) is 26.0 Å². The first-order valence-corrected chi connectivity index (χ1v) is 5.64. The molecular weight excluding hydrogens is 222 g/mol. The molecule has 1 aromatic rings. The third kappa shape index (κ3) is 3.84. The number of ether oxygens (including phenoxy) is 1. The Morgan fingerprint density at radius 3 is 2.47 bits per heavy atom. The normalized spacial score (nSPS) is 12.4. The lowest BCUT2D eigenvalue weighted by atomic mass is 9.99. The summed E-state index contributed by atoms with van der Waals surface area (Å²) in [6.07, 6.45) is 1.91. The molecule has 0 saturated carbocycles. The molecule has 0 bridgehead atoms. The highest BCUT2D eigenvalue weighted by atomic mass is 19.3. The predicted molar refractivity (Wildman–Crippen MR) is 66.3 cm³/mol. The average Bonchev–Trinajstić information content (AvgIpc) is 2.22. The van der Waals surface area contributed by atoms with E-state index in [1.165, 1.54) is 0 Å². The number of allylic oxidation sites excluding steroid dienone is 1. The molecule has 0 N–H and O–H groups in total. The fraction of sp³-hybridized carbons (Fsp3) is 0.429. The quantitative estimate of drug-likeness (QED) is 0.744. The van der Waals surface area contributed by atoms with Crippen LogP contribution in [-0.2, 0) is 0 Å². The van der Waals surface area contributed by atoms with Gasteiger partial charge in [-0.25, -0.2) is 0 Å². The second kappa shape index (κ2) is 5.80. The fourth-order valence-corrected chi connectivity index (χ4v) is 1.43. The Morgan fingerprint density at radius 1 is 1.29 bits per heavy atom. The minimum Gasteiger partial charge on any atom is -0.434 e. The molecule has 0 unspecified atom stereocenters. The zero-order valence-electron chi connectivity index (χ0n) is 10.6. The molecule has 0 amide bonds. The standard InChI is InChI=1S/C14H18F2O/c1-9(2)11(4)8-12-10(3)6-5-7-13(12)17-14(15)16/h5-9,14H,1-4H3/b11-8+. The van der Waals surface area contributed by atoms with Crippen LogP contribution in [0.4, 0.5) is 8.78 Å². The van der Waals surface area contributed by atoms with Crippen molar-refractivity contribution in [3.63, 3.8) is 0 Å². The van der Waals surface area contributed by atoms with Gasteiger partial charge in [-0.1, -0.05) is 37.6 Å². The van der Waals surface area contributed by atoms with E-state index in [2.05, 4.69) is 18.6 Å². The van der Waals surface area contributed by atoms with Crippen LogP contribution in [0.1, 0.15) is 31.9 Å². The number of hydrogen-bond acceptors (Lipinski definition) is 1. The SMILES string of the molecule is C/C(=C\c1c(C)cccc1OC(F)F)C(C)C. The van der Waals surface area contributed by atoms with Gasteiger partial charge in [0.2, 0.25) is 0 Å². The Kier molecular flexibility index (Phi) is 4.67. The van der Waals surface area contributed by atoms with Crippen LogP contribution in [0.2, 0.25) is 0 Å². The van der Waals surface area contributed by atoms with Gasteiger partial charge in [0, 0.05) is 5.56 Å². The monoisotopic (exact) mass is 240 g/mol. The summed E-state index contributed by atoms with van der Waals surface area (Å²) in [4.78, 5) is 0. The fourth-order valence-electron chi connectivity index (χ4n) is 1.43. The van der Waals surface area contributed by atoms with Gasteiger partial charge >= 0.3 is 6.61 Å². The molecule has 1 rings (SSSR count). The van der Waals surface area contributed by atoms with Crippen molar-refractivity contribution in [3.8, 4) is 5.75 Å². The molecule has 0 spiro atoms. The zero-order chi connectivity index (χ0) is 13.0. The smallest absolute Gasteiger partial charge is 0.387 e. The summed E-state index contributed by atoms with van der Waals surface area (Å²) < 4.78 is 29.1. The van der Waals surface area contributed by atoms with Crippen LogP contribution in [0.3, 0.4) is 0 Å². The first-order valence-electron chi connectivity index (χ1n) is 5.64. The maximum absolute atomic E-state index is 12.3. The average molecular weight is 240 g/mol. The Balaban J connectivity index is 3.16. The largest absolute Gasteiger partial charge is 0.434 e. The van der Waals surface area contributed by atoms with Crippen LogP contribution in [-0.4, -0.2) is 6.61 Å². The van der Waals surface area contributed by atoms with Crippen LogP contribution >= 0.6 is 0 Å². The van der Waals surface area contributed by atoms with Crippen LogP contribution in [0, 0.1) is 12.8 Å². The lowest BCUT2D eigenvalue weighted by Crippen LogP contribution is -2.04. The van der Waals surface area contributed by atoms with E-state index in [0.717, 1.165) is 16.7 Å². The summed E-state index contributed by atoms with van der Waals surface area (Å²) in [5, 5.41) is 0. The molecule has 1 nitrogen and oxygen atoms in total. The van der Waals surface area contributed by atoms with Gasteiger partial charge in [-0.3, -0.25) is 0 Å². The number of aryl methyl sites for hydroxylation is 1. The summed E-state index contributed by atoms with van der Waals surface area (Å²) >= 11 is 0. The molecule has 0 heterocycles. The molecule has 1 aromatic carbocycles. The van der Waals surface area contributed by atoms with Crippen LogP contribution in [0.15, 0.2) is 23.8 Å². The summed E-state index contributed by atoms with van der Waals surface area (Å²) in [6, 6.07) is 5.17. The van der Waals surface area contributed by atoms with Gasteiger partial charge < -0.3 is 4.74 Å². The number of halogens is 2. The third-order valence-corrected chi connectivity index (χ3v) is 2.78. The molecule has 94 valence electrons. The topological polar surface area (TPSA) is 9.23 Å². The summed E-state index contributed by atoms with van der Waals surface area (Å²) in [7, 11) is 0. The van der Waals surface area contributed by atoms with Crippen molar-refractivity contribution in [2.24, 2.45) is 5.92 Å². The van der Waals surface area contributed by atoms with E-state index < -0.39 is 6.61 Å². The number of benzene rings is 1. The lowest BCUT2D eigenvalue weighted by Gasteiger charge is -2.12. The molecule has 0 aliphatic heterocycles. The van der Waals surface area contributed by atoms with E-state index >= 15 is 0 Å². The van der Waals surface area contributed by atoms with Gasteiger partial charge in [-0.15, -0.1) is 0 Å². The number of rotatable bonds is 4. The Labute approximate surface area is 101 Å². The van der Waals surface area contributed by atoms with Crippen molar-refractivity contribution < 1.29 is 13.5 Å². The molecule has 0 fully saturated rings. The molecule has 17 heavy (non-hydrogen) atoms. The van der Waals surface area contributed by atoms with E-state index in [-0.39, 0.29) is 5.75 Å². The highest BCUT2D eigenvalue weighted by molar-refractivity contribution is 5.63. The van der Waals surface area contributed by atoms with Crippen molar-refractivity contribution in [2.75, 3.05) is 0 Å². The van der Waals surface area contributed by atoms with Crippen molar-refractivity contribution in [2.45, 2.75) is 34.3 Å². The second-order valence-electron chi connectivity index (χ2n) is 4.41. The summed E-state index contributed by atoms with van der Waals surface area (Å²) in [5.74, 6) is 0.619. The van der Waals surface area contributed by atoms with E-state index in [9.17, 15) is 8.78 Å².